The lowest BCUT2D eigenvalue weighted by Crippen LogP contribution is -2.41. The normalized spacial score (nSPS) is 24.5. The molecule has 1 atom stereocenters. The minimum Gasteiger partial charge on any atom is -0.370 e. The van der Waals surface area contributed by atoms with Gasteiger partial charge in [-0.3, -0.25) is 9.69 Å². The van der Waals surface area contributed by atoms with E-state index in [-0.39, 0.29) is 5.91 Å². The van der Waals surface area contributed by atoms with Gasteiger partial charge in [0.05, 0.1) is 0 Å². The van der Waals surface area contributed by atoms with Crippen LogP contribution in [0, 0.1) is 0 Å². The largest absolute Gasteiger partial charge is 0.370 e. The van der Waals surface area contributed by atoms with Gasteiger partial charge >= 0.3 is 0 Å². The van der Waals surface area contributed by atoms with Crippen LogP contribution in [0.3, 0.4) is 0 Å². The Labute approximate surface area is 85.6 Å². The molecule has 1 rings (SSSR count). The van der Waals surface area contributed by atoms with Gasteiger partial charge in [0.2, 0.25) is 5.91 Å². The molecule has 4 heteroatoms. The van der Waals surface area contributed by atoms with Gasteiger partial charge in [-0.25, -0.2) is 0 Å². The molecule has 0 spiro atoms. The Morgan fingerprint density at radius 1 is 1.36 bits per heavy atom. The van der Waals surface area contributed by atoms with E-state index >= 15 is 0 Å². The predicted octanol–water partition coefficient (Wildman–Crippen LogP) is 0.0651. The predicted molar refractivity (Wildman–Crippen MR) is 56.7 cm³/mol. The van der Waals surface area contributed by atoms with Gasteiger partial charge in [0.15, 0.2) is 0 Å². The molecule has 1 saturated heterocycles. The van der Waals surface area contributed by atoms with E-state index < -0.39 is 0 Å². The molecule has 1 fully saturated rings. The first kappa shape index (κ1) is 11.5. The smallest absolute Gasteiger partial charge is 0.218 e. The first-order valence-electron chi connectivity index (χ1n) is 5.46. The summed E-state index contributed by atoms with van der Waals surface area (Å²) in [4.78, 5) is 13.0. The topological polar surface area (TPSA) is 72.3 Å². The number of carbonyl (C=O) groups excluding carboxylic acids is 1. The second-order valence-electron chi connectivity index (χ2n) is 3.99. The summed E-state index contributed by atoms with van der Waals surface area (Å²) in [6.07, 6.45) is 5.37. The van der Waals surface area contributed by atoms with E-state index in [1.165, 1.54) is 19.3 Å². The average Bonchev–Trinajstić information content (AvgIpc) is 2.38. The maximum absolute atomic E-state index is 10.7. The summed E-state index contributed by atoms with van der Waals surface area (Å²) in [5.74, 6) is -0.218. The Hall–Kier alpha value is -0.610. The minimum absolute atomic E-state index is 0.218. The summed E-state index contributed by atoms with van der Waals surface area (Å²) < 4.78 is 0. The van der Waals surface area contributed by atoms with E-state index in [1.54, 1.807) is 0 Å². The van der Waals surface area contributed by atoms with E-state index in [9.17, 15) is 4.79 Å². The van der Waals surface area contributed by atoms with E-state index in [2.05, 4.69) is 4.90 Å². The van der Waals surface area contributed by atoms with Gasteiger partial charge in [-0.2, -0.15) is 0 Å². The molecule has 0 bridgehead atoms. The number of nitrogens with zero attached hydrogens (tertiary/aromatic N) is 1. The maximum atomic E-state index is 10.7. The van der Waals surface area contributed by atoms with Crippen LogP contribution in [-0.4, -0.2) is 36.5 Å². The van der Waals surface area contributed by atoms with E-state index in [0.717, 1.165) is 19.5 Å². The van der Waals surface area contributed by atoms with Crippen molar-refractivity contribution >= 4 is 5.91 Å². The molecule has 0 aromatic rings. The van der Waals surface area contributed by atoms with E-state index in [0.29, 0.717) is 19.0 Å². The Morgan fingerprint density at radius 2 is 2.14 bits per heavy atom. The van der Waals surface area contributed by atoms with Crippen LogP contribution in [0.25, 0.3) is 0 Å². The Kier molecular flexibility index (Phi) is 4.90. The highest BCUT2D eigenvalue weighted by Crippen LogP contribution is 2.15. The van der Waals surface area contributed by atoms with Crippen molar-refractivity contribution in [3.63, 3.8) is 0 Å². The molecule has 4 nitrogen and oxygen atoms in total. The molecule has 1 amide bonds. The molecule has 82 valence electrons. The van der Waals surface area contributed by atoms with Gasteiger partial charge in [-0.1, -0.05) is 12.8 Å². The number of hydrogen-bond donors (Lipinski definition) is 2. The van der Waals surface area contributed by atoms with Crippen LogP contribution in [0.5, 0.6) is 0 Å². The minimum atomic E-state index is -0.218. The number of primary amides is 1. The molecule has 4 N–H and O–H groups in total. The molecule has 1 heterocycles. The van der Waals surface area contributed by atoms with Crippen molar-refractivity contribution in [3.8, 4) is 0 Å². The highest BCUT2D eigenvalue weighted by molar-refractivity contribution is 5.73. The van der Waals surface area contributed by atoms with Gasteiger partial charge in [0.1, 0.15) is 0 Å². The van der Waals surface area contributed by atoms with Crippen molar-refractivity contribution in [2.24, 2.45) is 11.5 Å². The van der Waals surface area contributed by atoms with Gasteiger partial charge in [-0.05, 0) is 19.4 Å². The zero-order chi connectivity index (χ0) is 10.4. The fourth-order valence-electron chi connectivity index (χ4n) is 2.05. The highest BCUT2D eigenvalue weighted by atomic mass is 16.1. The van der Waals surface area contributed by atoms with Crippen LogP contribution in [0.2, 0.25) is 0 Å². The highest BCUT2D eigenvalue weighted by Gasteiger charge is 2.19. The summed E-state index contributed by atoms with van der Waals surface area (Å²) in [7, 11) is 0. The van der Waals surface area contributed by atoms with Crippen molar-refractivity contribution in [1.82, 2.24) is 4.90 Å². The average molecular weight is 199 g/mol. The number of carbonyl (C=O) groups is 1. The molecule has 1 aliphatic heterocycles. The molecular weight excluding hydrogens is 178 g/mol. The Bertz CT molecular complexity index is 184. The SMILES string of the molecule is NCC1CCCCCN1CCC(N)=O. The molecule has 14 heavy (non-hydrogen) atoms. The zero-order valence-corrected chi connectivity index (χ0v) is 8.74. The van der Waals surface area contributed by atoms with Gasteiger partial charge in [-0.15, -0.1) is 0 Å². The van der Waals surface area contributed by atoms with Gasteiger partial charge < -0.3 is 11.5 Å². The van der Waals surface area contributed by atoms with Crippen molar-refractivity contribution in [2.45, 2.75) is 38.1 Å². The third-order valence-electron chi connectivity index (χ3n) is 2.92. The fraction of sp³-hybridized carbons (Fsp3) is 0.900. The second-order valence-corrected chi connectivity index (χ2v) is 3.99. The second kappa shape index (κ2) is 5.98. The van der Waals surface area contributed by atoms with Crippen LogP contribution in [-0.2, 0) is 4.79 Å². The number of nitrogens with two attached hydrogens (primary N) is 2. The lowest BCUT2D eigenvalue weighted by molar-refractivity contribution is -0.118. The summed E-state index contributed by atoms with van der Waals surface area (Å²) >= 11 is 0. The summed E-state index contributed by atoms with van der Waals surface area (Å²) in [6.45, 7) is 2.53. The number of likely N-dealkylation sites (tertiary alicyclic amines) is 1. The van der Waals surface area contributed by atoms with Crippen molar-refractivity contribution in [2.75, 3.05) is 19.6 Å². The Balaban J connectivity index is 2.39. The molecule has 0 radical (unpaired) electrons. The molecule has 0 aliphatic carbocycles. The van der Waals surface area contributed by atoms with Crippen LogP contribution in [0.15, 0.2) is 0 Å². The lowest BCUT2D eigenvalue weighted by Gasteiger charge is -2.28. The van der Waals surface area contributed by atoms with Crippen LogP contribution in [0.1, 0.15) is 32.1 Å². The molecule has 0 saturated carbocycles. The first-order valence-corrected chi connectivity index (χ1v) is 5.46. The lowest BCUT2D eigenvalue weighted by atomic mass is 10.1. The molecule has 0 aromatic heterocycles. The van der Waals surface area contributed by atoms with Gasteiger partial charge in [0.25, 0.3) is 0 Å². The molecular formula is C10H21N3O. The quantitative estimate of drug-likeness (QED) is 0.672. The van der Waals surface area contributed by atoms with Crippen LogP contribution < -0.4 is 11.5 Å². The Morgan fingerprint density at radius 3 is 2.79 bits per heavy atom. The van der Waals surface area contributed by atoms with Crippen molar-refractivity contribution in [3.05, 3.63) is 0 Å². The first-order chi connectivity index (χ1) is 6.74. The van der Waals surface area contributed by atoms with Crippen molar-refractivity contribution < 1.29 is 4.79 Å². The fourth-order valence-corrected chi connectivity index (χ4v) is 2.05. The summed E-state index contributed by atoms with van der Waals surface area (Å²) in [5.41, 5.74) is 10.9. The number of rotatable bonds is 4. The molecule has 1 aliphatic rings. The third kappa shape index (κ3) is 3.64. The van der Waals surface area contributed by atoms with E-state index in [4.69, 9.17) is 11.5 Å². The zero-order valence-electron chi connectivity index (χ0n) is 8.74. The number of amides is 1. The van der Waals surface area contributed by atoms with Crippen LogP contribution >= 0.6 is 0 Å². The summed E-state index contributed by atoms with van der Waals surface area (Å²) in [6, 6.07) is 0.455. The summed E-state index contributed by atoms with van der Waals surface area (Å²) in [5, 5.41) is 0. The van der Waals surface area contributed by atoms with Gasteiger partial charge in [0, 0.05) is 25.6 Å². The standard InChI is InChI=1S/C10H21N3O/c11-8-9-4-2-1-3-6-13(9)7-5-10(12)14/h9H,1-8,11H2,(H2,12,14). The molecule has 1 unspecified atom stereocenters. The monoisotopic (exact) mass is 199 g/mol. The van der Waals surface area contributed by atoms with Crippen molar-refractivity contribution in [1.29, 1.82) is 0 Å². The molecule has 0 aromatic carbocycles. The number of hydrogen-bond acceptors (Lipinski definition) is 3. The van der Waals surface area contributed by atoms with Crippen LogP contribution in [0.4, 0.5) is 0 Å². The third-order valence-corrected chi connectivity index (χ3v) is 2.92. The maximum Gasteiger partial charge on any atom is 0.218 e. The van der Waals surface area contributed by atoms with E-state index in [1.807, 2.05) is 0 Å².